The largest absolute Gasteiger partial charge is 0.508 e. The number of carbonyl (C=O) groups is 1. The number of nitrogens with zero attached hydrogens (tertiary/aromatic N) is 2. The SMILES string of the molecule is O=C(Nc1csc(Cc2cc(O)ccc2CCc2ccccc2)n1)c1ccc(CN2CCCCC2)cc1. The molecule has 5 rings (SSSR count). The third-order valence-electron chi connectivity index (χ3n) is 6.92. The summed E-state index contributed by atoms with van der Waals surface area (Å²) < 4.78 is 0. The van der Waals surface area contributed by atoms with E-state index >= 15 is 0 Å². The van der Waals surface area contributed by atoms with Crippen molar-refractivity contribution in [1.82, 2.24) is 9.88 Å². The molecule has 2 heterocycles. The van der Waals surface area contributed by atoms with E-state index < -0.39 is 0 Å². The number of nitrogens with one attached hydrogen (secondary N) is 1. The predicted molar refractivity (Wildman–Crippen MR) is 150 cm³/mol. The van der Waals surface area contributed by atoms with E-state index in [1.54, 1.807) is 6.07 Å². The van der Waals surface area contributed by atoms with Crippen LogP contribution in [0.15, 0.2) is 78.2 Å². The summed E-state index contributed by atoms with van der Waals surface area (Å²) in [5, 5.41) is 15.8. The molecule has 0 spiro atoms. The molecule has 0 saturated carbocycles. The lowest BCUT2D eigenvalue weighted by molar-refractivity contribution is 0.102. The highest BCUT2D eigenvalue weighted by Gasteiger charge is 2.13. The summed E-state index contributed by atoms with van der Waals surface area (Å²) in [6.45, 7) is 3.26. The highest BCUT2D eigenvalue weighted by molar-refractivity contribution is 7.10. The average Bonchev–Trinajstić information content (AvgIpc) is 3.36. The minimum atomic E-state index is -0.151. The number of hydrogen-bond donors (Lipinski definition) is 2. The standard InChI is InChI=1S/C31H33N3O2S/c35-28-16-15-25(12-9-23-7-3-1-4-8-23)27(19-28)20-30-32-29(22-37-30)33-31(36)26-13-10-24(11-14-26)21-34-17-5-2-6-18-34/h1,3-4,7-8,10-11,13-16,19,22,35H,2,5-6,9,12,17-18,20-21H2,(H,33,36). The van der Waals surface area contributed by atoms with Gasteiger partial charge in [-0.3, -0.25) is 9.69 Å². The zero-order chi connectivity index (χ0) is 25.5. The second-order valence-corrected chi connectivity index (χ2v) is 10.7. The molecule has 0 atom stereocenters. The van der Waals surface area contributed by atoms with Gasteiger partial charge in [0.1, 0.15) is 11.6 Å². The third kappa shape index (κ3) is 7.06. The second-order valence-electron chi connectivity index (χ2n) is 9.73. The molecule has 6 heteroatoms. The lowest BCUT2D eigenvalue weighted by atomic mass is 9.98. The monoisotopic (exact) mass is 511 g/mol. The van der Waals surface area contributed by atoms with Crippen molar-refractivity contribution in [3.05, 3.63) is 111 Å². The van der Waals surface area contributed by atoms with Crippen LogP contribution in [-0.2, 0) is 25.8 Å². The van der Waals surface area contributed by atoms with Gasteiger partial charge in [-0.1, -0.05) is 55.0 Å². The number of phenols is 1. The highest BCUT2D eigenvalue weighted by Crippen LogP contribution is 2.25. The van der Waals surface area contributed by atoms with Crippen molar-refractivity contribution in [1.29, 1.82) is 0 Å². The van der Waals surface area contributed by atoms with Gasteiger partial charge >= 0.3 is 0 Å². The van der Waals surface area contributed by atoms with Gasteiger partial charge in [0.05, 0.1) is 5.01 Å². The molecule has 1 aliphatic heterocycles. The van der Waals surface area contributed by atoms with Gasteiger partial charge in [0.25, 0.3) is 5.91 Å². The van der Waals surface area contributed by atoms with Crippen molar-refractivity contribution < 1.29 is 9.90 Å². The fraction of sp³-hybridized carbons (Fsp3) is 0.290. The maximum atomic E-state index is 12.8. The smallest absolute Gasteiger partial charge is 0.256 e. The molecule has 4 aromatic rings. The Hall–Kier alpha value is -3.48. The van der Waals surface area contributed by atoms with E-state index in [2.05, 4.69) is 51.6 Å². The number of phenolic OH excluding ortho intramolecular Hbond substituents is 1. The summed E-state index contributed by atoms with van der Waals surface area (Å²) in [6, 6.07) is 23.9. The topological polar surface area (TPSA) is 65.5 Å². The number of benzene rings is 3. The van der Waals surface area contributed by atoms with Crippen molar-refractivity contribution >= 4 is 23.1 Å². The lowest BCUT2D eigenvalue weighted by Crippen LogP contribution is -2.29. The summed E-state index contributed by atoms with van der Waals surface area (Å²) in [6.07, 6.45) is 6.32. The van der Waals surface area contributed by atoms with Gasteiger partial charge in [-0.25, -0.2) is 4.98 Å². The molecule has 1 saturated heterocycles. The van der Waals surface area contributed by atoms with Crippen LogP contribution in [0.5, 0.6) is 5.75 Å². The normalized spacial score (nSPS) is 13.9. The number of anilines is 1. The van der Waals surface area contributed by atoms with Gasteiger partial charge in [-0.15, -0.1) is 11.3 Å². The third-order valence-corrected chi connectivity index (χ3v) is 7.77. The molecular formula is C31H33N3O2S. The molecule has 1 fully saturated rings. The maximum Gasteiger partial charge on any atom is 0.256 e. The first kappa shape index (κ1) is 25.2. The molecule has 0 unspecified atom stereocenters. The van der Waals surface area contributed by atoms with E-state index in [0.717, 1.165) is 43.0 Å². The molecule has 0 bridgehead atoms. The number of thiazole rings is 1. The Kier molecular flexibility index (Phi) is 8.28. The van der Waals surface area contributed by atoms with Crippen LogP contribution in [0.2, 0.25) is 0 Å². The summed E-state index contributed by atoms with van der Waals surface area (Å²) >= 11 is 1.52. The molecule has 3 aromatic carbocycles. The molecule has 0 aliphatic carbocycles. The molecule has 1 aromatic heterocycles. The van der Waals surface area contributed by atoms with Gasteiger partial charge in [0.15, 0.2) is 0 Å². The van der Waals surface area contributed by atoms with Gasteiger partial charge in [-0.05, 0) is 85.3 Å². The number of piperidine rings is 1. The molecule has 37 heavy (non-hydrogen) atoms. The van der Waals surface area contributed by atoms with E-state index in [1.807, 2.05) is 35.7 Å². The van der Waals surface area contributed by atoms with Crippen LogP contribution in [0.4, 0.5) is 5.82 Å². The zero-order valence-electron chi connectivity index (χ0n) is 21.0. The van der Waals surface area contributed by atoms with Crippen molar-refractivity contribution in [2.75, 3.05) is 18.4 Å². The number of aryl methyl sites for hydroxylation is 2. The number of amides is 1. The highest BCUT2D eigenvalue weighted by atomic mass is 32.1. The second kappa shape index (κ2) is 12.2. The van der Waals surface area contributed by atoms with Crippen molar-refractivity contribution in [2.24, 2.45) is 0 Å². The van der Waals surface area contributed by atoms with Crippen LogP contribution in [0, 0.1) is 0 Å². The number of aromatic nitrogens is 1. The predicted octanol–water partition coefficient (Wildman–Crippen LogP) is 6.46. The maximum absolute atomic E-state index is 12.8. The Balaban J connectivity index is 1.19. The number of carbonyl (C=O) groups excluding carboxylic acids is 1. The molecular weight excluding hydrogens is 478 g/mol. The minimum Gasteiger partial charge on any atom is -0.508 e. The summed E-state index contributed by atoms with van der Waals surface area (Å²) in [5.41, 5.74) is 5.43. The van der Waals surface area contributed by atoms with Crippen LogP contribution in [0.1, 0.15) is 56.9 Å². The van der Waals surface area contributed by atoms with Crippen LogP contribution in [0.25, 0.3) is 0 Å². The summed E-state index contributed by atoms with van der Waals surface area (Å²) in [7, 11) is 0. The Morgan fingerprint density at radius 3 is 2.46 bits per heavy atom. The van der Waals surface area contributed by atoms with E-state index in [-0.39, 0.29) is 11.7 Å². The minimum absolute atomic E-state index is 0.151. The molecule has 190 valence electrons. The molecule has 1 amide bonds. The van der Waals surface area contributed by atoms with Crippen LogP contribution in [0.3, 0.4) is 0 Å². The average molecular weight is 512 g/mol. The Morgan fingerprint density at radius 1 is 0.892 bits per heavy atom. The van der Waals surface area contributed by atoms with Gasteiger partial charge in [0, 0.05) is 23.9 Å². The van der Waals surface area contributed by atoms with Crippen molar-refractivity contribution in [3.63, 3.8) is 0 Å². The van der Waals surface area contributed by atoms with Crippen LogP contribution >= 0.6 is 11.3 Å². The first-order valence-corrected chi connectivity index (χ1v) is 13.9. The number of hydrogen-bond acceptors (Lipinski definition) is 5. The van der Waals surface area contributed by atoms with Crippen molar-refractivity contribution in [2.45, 2.75) is 45.1 Å². The fourth-order valence-electron chi connectivity index (χ4n) is 4.88. The fourth-order valence-corrected chi connectivity index (χ4v) is 5.63. The zero-order valence-corrected chi connectivity index (χ0v) is 21.8. The van der Waals surface area contributed by atoms with Gasteiger partial charge < -0.3 is 10.4 Å². The summed E-state index contributed by atoms with van der Waals surface area (Å²) in [5.74, 6) is 0.669. The Bertz CT molecular complexity index is 1310. The van der Waals surface area contributed by atoms with Gasteiger partial charge in [0.2, 0.25) is 0 Å². The molecule has 1 aliphatic rings. The van der Waals surface area contributed by atoms with Gasteiger partial charge in [-0.2, -0.15) is 0 Å². The Labute approximate surface area is 222 Å². The molecule has 5 nitrogen and oxygen atoms in total. The van der Waals surface area contributed by atoms with E-state index in [4.69, 9.17) is 0 Å². The van der Waals surface area contributed by atoms with Crippen molar-refractivity contribution in [3.8, 4) is 5.75 Å². The Morgan fingerprint density at radius 2 is 1.68 bits per heavy atom. The van der Waals surface area contributed by atoms with Crippen LogP contribution < -0.4 is 5.32 Å². The first-order valence-electron chi connectivity index (χ1n) is 13.0. The van der Waals surface area contributed by atoms with E-state index in [1.165, 1.54) is 47.3 Å². The van der Waals surface area contributed by atoms with E-state index in [9.17, 15) is 9.90 Å². The first-order chi connectivity index (χ1) is 18.1. The van der Waals surface area contributed by atoms with Crippen LogP contribution in [-0.4, -0.2) is 34.0 Å². The number of likely N-dealkylation sites (tertiary alicyclic amines) is 1. The number of rotatable bonds is 9. The summed E-state index contributed by atoms with van der Waals surface area (Å²) in [4.78, 5) is 19.9. The lowest BCUT2D eigenvalue weighted by Gasteiger charge is -2.26. The number of aromatic hydroxyl groups is 1. The molecule has 0 radical (unpaired) electrons. The quantitative estimate of drug-likeness (QED) is 0.271. The van der Waals surface area contributed by atoms with E-state index in [0.29, 0.717) is 17.8 Å². The molecule has 2 N–H and O–H groups in total.